The smallest absolute Gasteiger partial charge is 0.0722 e. The number of nitrogens with zero attached hydrogens (tertiary/aromatic N) is 2. The SMILES string of the molecule is CCC(CC)CNCc1cn(C)nc1C(C)(C)C. The molecule has 1 rings (SSSR count). The van der Waals surface area contributed by atoms with E-state index in [2.05, 4.69) is 51.2 Å². The summed E-state index contributed by atoms with van der Waals surface area (Å²) in [5.74, 6) is 0.791. The van der Waals surface area contributed by atoms with Crippen LogP contribution >= 0.6 is 0 Å². The molecule has 18 heavy (non-hydrogen) atoms. The third-order valence-corrected chi connectivity index (χ3v) is 3.52. The molecule has 1 aromatic rings. The average Bonchev–Trinajstić information content (AvgIpc) is 2.66. The van der Waals surface area contributed by atoms with Gasteiger partial charge in [-0.25, -0.2) is 0 Å². The molecule has 0 atom stereocenters. The highest BCUT2D eigenvalue weighted by Gasteiger charge is 2.21. The standard InChI is InChI=1S/C15H29N3/c1-7-12(8-2)9-16-10-13-11-18(6)17-14(13)15(3,4)5/h11-12,16H,7-10H2,1-6H3. The number of aryl methyl sites for hydroxylation is 1. The first kappa shape index (κ1) is 15.2. The van der Waals surface area contributed by atoms with Crippen LogP contribution in [-0.2, 0) is 19.0 Å². The van der Waals surface area contributed by atoms with Crippen molar-refractivity contribution in [3.63, 3.8) is 0 Å². The maximum absolute atomic E-state index is 4.60. The van der Waals surface area contributed by atoms with Gasteiger partial charge in [0.05, 0.1) is 5.69 Å². The van der Waals surface area contributed by atoms with Crippen molar-refractivity contribution >= 4 is 0 Å². The molecule has 0 aliphatic rings. The molecule has 3 nitrogen and oxygen atoms in total. The van der Waals surface area contributed by atoms with E-state index >= 15 is 0 Å². The van der Waals surface area contributed by atoms with Crippen LogP contribution in [0.2, 0.25) is 0 Å². The molecule has 3 heteroatoms. The Morgan fingerprint density at radius 3 is 2.39 bits per heavy atom. The van der Waals surface area contributed by atoms with E-state index in [9.17, 15) is 0 Å². The number of hydrogen-bond donors (Lipinski definition) is 1. The topological polar surface area (TPSA) is 29.9 Å². The van der Waals surface area contributed by atoms with Gasteiger partial charge in [-0.05, 0) is 12.5 Å². The fraction of sp³-hybridized carbons (Fsp3) is 0.800. The van der Waals surface area contributed by atoms with Crippen LogP contribution < -0.4 is 5.32 Å². The minimum absolute atomic E-state index is 0.118. The summed E-state index contributed by atoms with van der Waals surface area (Å²) >= 11 is 0. The molecule has 0 amide bonds. The van der Waals surface area contributed by atoms with E-state index in [1.54, 1.807) is 0 Å². The Labute approximate surface area is 112 Å². The Kier molecular flexibility index (Phi) is 5.39. The monoisotopic (exact) mass is 251 g/mol. The summed E-state index contributed by atoms with van der Waals surface area (Å²) in [5, 5.41) is 8.17. The van der Waals surface area contributed by atoms with Gasteiger partial charge in [0.2, 0.25) is 0 Å². The molecule has 1 N–H and O–H groups in total. The van der Waals surface area contributed by atoms with Crippen molar-refractivity contribution in [2.45, 2.75) is 59.4 Å². The van der Waals surface area contributed by atoms with E-state index in [1.165, 1.54) is 24.1 Å². The summed E-state index contributed by atoms with van der Waals surface area (Å²) in [7, 11) is 2.00. The highest BCUT2D eigenvalue weighted by Crippen LogP contribution is 2.24. The molecule has 0 fully saturated rings. The van der Waals surface area contributed by atoms with Gasteiger partial charge in [-0.3, -0.25) is 4.68 Å². The van der Waals surface area contributed by atoms with Crippen LogP contribution in [0, 0.1) is 5.92 Å². The van der Waals surface area contributed by atoms with Gasteiger partial charge in [0, 0.05) is 30.8 Å². The summed E-state index contributed by atoms with van der Waals surface area (Å²) < 4.78 is 1.93. The van der Waals surface area contributed by atoms with Gasteiger partial charge in [-0.2, -0.15) is 5.10 Å². The van der Waals surface area contributed by atoms with Crippen molar-refractivity contribution in [1.29, 1.82) is 0 Å². The minimum atomic E-state index is 0.118. The van der Waals surface area contributed by atoms with Gasteiger partial charge >= 0.3 is 0 Å². The molecular formula is C15H29N3. The second-order valence-electron chi connectivity index (χ2n) is 6.24. The van der Waals surface area contributed by atoms with Crippen molar-refractivity contribution in [3.05, 3.63) is 17.5 Å². The van der Waals surface area contributed by atoms with E-state index in [4.69, 9.17) is 0 Å². The van der Waals surface area contributed by atoms with Crippen LogP contribution in [0.1, 0.15) is 58.7 Å². The highest BCUT2D eigenvalue weighted by molar-refractivity contribution is 5.23. The lowest BCUT2D eigenvalue weighted by atomic mass is 9.89. The molecule has 1 aromatic heterocycles. The second kappa shape index (κ2) is 6.37. The summed E-state index contributed by atoms with van der Waals surface area (Å²) in [4.78, 5) is 0. The Morgan fingerprint density at radius 2 is 1.89 bits per heavy atom. The van der Waals surface area contributed by atoms with Crippen molar-refractivity contribution in [1.82, 2.24) is 15.1 Å². The van der Waals surface area contributed by atoms with Gasteiger partial charge in [-0.1, -0.05) is 47.5 Å². The van der Waals surface area contributed by atoms with Gasteiger partial charge in [-0.15, -0.1) is 0 Å². The summed E-state index contributed by atoms with van der Waals surface area (Å²) in [6.45, 7) is 13.2. The molecule has 0 aliphatic carbocycles. The molecule has 0 radical (unpaired) electrons. The third kappa shape index (κ3) is 4.13. The van der Waals surface area contributed by atoms with Crippen molar-refractivity contribution in [2.75, 3.05) is 6.54 Å². The van der Waals surface area contributed by atoms with E-state index in [0.717, 1.165) is 19.0 Å². The van der Waals surface area contributed by atoms with Gasteiger partial charge in [0.25, 0.3) is 0 Å². The second-order valence-corrected chi connectivity index (χ2v) is 6.24. The molecule has 0 bridgehead atoms. The first-order valence-electron chi connectivity index (χ1n) is 7.12. The van der Waals surface area contributed by atoms with Crippen molar-refractivity contribution in [3.8, 4) is 0 Å². The number of nitrogens with one attached hydrogen (secondary N) is 1. The number of aromatic nitrogens is 2. The summed E-state index contributed by atoms with van der Waals surface area (Å²) in [6, 6.07) is 0. The fourth-order valence-corrected chi connectivity index (χ4v) is 2.29. The molecule has 0 aliphatic heterocycles. The Hall–Kier alpha value is -0.830. The Balaban J connectivity index is 2.62. The lowest BCUT2D eigenvalue weighted by molar-refractivity contribution is 0.447. The number of rotatable bonds is 6. The maximum Gasteiger partial charge on any atom is 0.0722 e. The molecule has 0 saturated heterocycles. The molecular weight excluding hydrogens is 222 g/mol. The normalized spacial score (nSPS) is 12.4. The van der Waals surface area contributed by atoms with Gasteiger partial charge in [0.15, 0.2) is 0 Å². The Bertz CT molecular complexity index is 356. The molecule has 0 unspecified atom stereocenters. The van der Waals surface area contributed by atoms with Gasteiger partial charge < -0.3 is 5.32 Å². The zero-order chi connectivity index (χ0) is 13.8. The zero-order valence-corrected chi connectivity index (χ0v) is 12.9. The lowest BCUT2D eigenvalue weighted by Crippen LogP contribution is -2.23. The first-order valence-corrected chi connectivity index (χ1v) is 7.12. The van der Waals surface area contributed by atoms with Crippen LogP contribution in [0.25, 0.3) is 0 Å². The number of hydrogen-bond acceptors (Lipinski definition) is 2. The van der Waals surface area contributed by atoms with E-state index in [-0.39, 0.29) is 5.41 Å². The maximum atomic E-state index is 4.60. The predicted molar refractivity (Wildman–Crippen MR) is 77.7 cm³/mol. The molecule has 0 saturated carbocycles. The molecule has 0 aromatic carbocycles. The summed E-state index contributed by atoms with van der Waals surface area (Å²) in [6.07, 6.45) is 4.64. The van der Waals surface area contributed by atoms with E-state index < -0.39 is 0 Å². The zero-order valence-electron chi connectivity index (χ0n) is 12.9. The first-order chi connectivity index (χ1) is 8.38. The Morgan fingerprint density at radius 1 is 1.28 bits per heavy atom. The predicted octanol–water partition coefficient (Wildman–Crippen LogP) is 3.24. The van der Waals surface area contributed by atoms with Crippen LogP contribution in [0.4, 0.5) is 0 Å². The van der Waals surface area contributed by atoms with E-state index in [1.807, 2.05) is 11.7 Å². The average molecular weight is 251 g/mol. The molecule has 0 spiro atoms. The van der Waals surface area contributed by atoms with Crippen molar-refractivity contribution < 1.29 is 0 Å². The van der Waals surface area contributed by atoms with E-state index in [0.29, 0.717) is 0 Å². The summed E-state index contributed by atoms with van der Waals surface area (Å²) in [5.41, 5.74) is 2.66. The van der Waals surface area contributed by atoms with Crippen molar-refractivity contribution in [2.24, 2.45) is 13.0 Å². The minimum Gasteiger partial charge on any atom is -0.312 e. The van der Waals surface area contributed by atoms with Crippen LogP contribution in [0.15, 0.2) is 6.20 Å². The van der Waals surface area contributed by atoms with Crippen LogP contribution in [-0.4, -0.2) is 16.3 Å². The molecule has 104 valence electrons. The fourth-order valence-electron chi connectivity index (χ4n) is 2.29. The quantitative estimate of drug-likeness (QED) is 0.841. The lowest BCUT2D eigenvalue weighted by Gasteiger charge is -2.18. The highest BCUT2D eigenvalue weighted by atomic mass is 15.3. The van der Waals surface area contributed by atoms with Crippen LogP contribution in [0.3, 0.4) is 0 Å². The molecule has 1 heterocycles. The largest absolute Gasteiger partial charge is 0.312 e. The third-order valence-electron chi connectivity index (χ3n) is 3.52. The van der Waals surface area contributed by atoms with Gasteiger partial charge in [0.1, 0.15) is 0 Å². The van der Waals surface area contributed by atoms with Crippen LogP contribution in [0.5, 0.6) is 0 Å².